The number of carbonyl (C=O) groups is 2. The Bertz CT molecular complexity index is 918. The number of nitro groups is 1. The van der Waals surface area contributed by atoms with Crippen molar-refractivity contribution < 1.29 is 24.1 Å². The monoisotopic (exact) mass is 398 g/mol. The summed E-state index contributed by atoms with van der Waals surface area (Å²) in [6, 6.07) is 11.9. The Hall–Kier alpha value is -3.26. The van der Waals surface area contributed by atoms with Crippen LogP contribution in [0.3, 0.4) is 0 Å². The molecule has 8 nitrogen and oxygen atoms in total. The standard InChI is InChI=1S/C21H23N3O5/c1-15-3-5-16(6-4-15)20(25)14-22-9-11-23(12-10-22)18-8-7-17(21(26)29-2)13-19(18)24(27)28/h3-8,13H,9-12,14H2,1-2H3/p+1. The van der Waals surface area contributed by atoms with Crippen LogP contribution in [0.4, 0.5) is 11.4 Å². The molecule has 1 heterocycles. The number of anilines is 1. The van der Waals surface area contributed by atoms with Gasteiger partial charge in [0.15, 0.2) is 0 Å². The maximum atomic E-state index is 12.5. The molecule has 2 aromatic carbocycles. The van der Waals surface area contributed by atoms with E-state index in [0.29, 0.717) is 44.0 Å². The quantitative estimate of drug-likeness (QED) is 0.341. The molecule has 0 radical (unpaired) electrons. The molecule has 0 aromatic heterocycles. The zero-order valence-corrected chi connectivity index (χ0v) is 16.5. The van der Waals surface area contributed by atoms with E-state index in [-0.39, 0.29) is 17.0 Å². The van der Waals surface area contributed by atoms with Crippen molar-refractivity contribution in [1.29, 1.82) is 0 Å². The lowest BCUT2D eigenvalue weighted by atomic mass is 10.1. The Morgan fingerprint density at radius 3 is 2.31 bits per heavy atom. The Labute approximate surface area is 168 Å². The number of nitro benzene ring substituents is 1. The van der Waals surface area contributed by atoms with Crippen molar-refractivity contribution in [3.8, 4) is 0 Å². The zero-order chi connectivity index (χ0) is 21.0. The first-order valence-corrected chi connectivity index (χ1v) is 9.44. The normalized spacial score (nSPS) is 14.5. The van der Waals surface area contributed by atoms with Gasteiger partial charge in [0.1, 0.15) is 12.2 Å². The van der Waals surface area contributed by atoms with Crippen LogP contribution >= 0.6 is 0 Å². The molecule has 29 heavy (non-hydrogen) atoms. The predicted octanol–water partition coefficient (Wildman–Crippen LogP) is 1.28. The number of nitrogens with one attached hydrogen (secondary N) is 1. The average Bonchev–Trinajstić information content (AvgIpc) is 2.73. The third kappa shape index (κ3) is 4.78. The van der Waals surface area contributed by atoms with Gasteiger partial charge in [0.2, 0.25) is 5.78 Å². The minimum atomic E-state index is -0.608. The lowest BCUT2D eigenvalue weighted by Crippen LogP contribution is -3.15. The number of carbonyl (C=O) groups excluding carboxylic acids is 2. The molecule has 2 aromatic rings. The van der Waals surface area contributed by atoms with Crippen molar-refractivity contribution >= 4 is 23.1 Å². The van der Waals surface area contributed by atoms with Crippen molar-refractivity contribution in [2.24, 2.45) is 0 Å². The summed E-state index contributed by atoms with van der Waals surface area (Å²) >= 11 is 0. The van der Waals surface area contributed by atoms with Crippen molar-refractivity contribution in [2.75, 3.05) is 44.7 Å². The highest BCUT2D eigenvalue weighted by atomic mass is 16.6. The Morgan fingerprint density at radius 2 is 1.72 bits per heavy atom. The van der Waals surface area contributed by atoms with Gasteiger partial charge in [-0.15, -0.1) is 0 Å². The van der Waals surface area contributed by atoms with Crippen LogP contribution in [0.5, 0.6) is 0 Å². The molecule has 1 fully saturated rings. The lowest BCUT2D eigenvalue weighted by Gasteiger charge is -2.33. The summed E-state index contributed by atoms with van der Waals surface area (Å²) in [5, 5.41) is 11.5. The second-order valence-corrected chi connectivity index (χ2v) is 7.16. The van der Waals surface area contributed by atoms with Crippen molar-refractivity contribution in [1.82, 2.24) is 0 Å². The number of rotatable bonds is 6. The van der Waals surface area contributed by atoms with E-state index in [1.165, 1.54) is 19.2 Å². The van der Waals surface area contributed by atoms with Crippen LogP contribution in [0, 0.1) is 17.0 Å². The fraction of sp³-hybridized carbons (Fsp3) is 0.333. The third-order valence-corrected chi connectivity index (χ3v) is 5.19. The molecule has 8 heteroatoms. The Balaban J connectivity index is 1.65. The van der Waals surface area contributed by atoms with E-state index in [4.69, 9.17) is 0 Å². The molecule has 152 valence electrons. The smallest absolute Gasteiger partial charge is 0.338 e. The number of benzene rings is 2. The van der Waals surface area contributed by atoms with Crippen molar-refractivity contribution in [3.63, 3.8) is 0 Å². The molecule has 1 saturated heterocycles. The van der Waals surface area contributed by atoms with Crippen LogP contribution in [-0.2, 0) is 4.74 Å². The SMILES string of the molecule is COC(=O)c1ccc(N2CC[NH+](CC(=O)c3ccc(C)cc3)CC2)c([N+](=O)[O-])c1. The van der Waals surface area contributed by atoms with Crippen LogP contribution < -0.4 is 9.80 Å². The number of Topliss-reactive ketones (excluding diaryl/α,β-unsaturated/α-hetero) is 1. The number of quaternary nitrogens is 1. The predicted molar refractivity (Wildman–Crippen MR) is 108 cm³/mol. The average molecular weight is 398 g/mol. The van der Waals surface area contributed by atoms with E-state index in [1.54, 1.807) is 6.07 Å². The summed E-state index contributed by atoms with van der Waals surface area (Å²) in [4.78, 5) is 38.2. The molecule has 0 unspecified atom stereocenters. The summed E-state index contributed by atoms with van der Waals surface area (Å²) in [6.07, 6.45) is 0. The van der Waals surface area contributed by atoms with Gasteiger partial charge in [0.05, 0.1) is 43.8 Å². The first-order valence-electron chi connectivity index (χ1n) is 9.44. The van der Waals surface area contributed by atoms with E-state index < -0.39 is 10.9 Å². The van der Waals surface area contributed by atoms with Gasteiger partial charge in [-0.25, -0.2) is 4.79 Å². The van der Waals surface area contributed by atoms with Crippen LogP contribution in [0.1, 0.15) is 26.3 Å². The van der Waals surface area contributed by atoms with Crippen LogP contribution in [0.15, 0.2) is 42.5 Å². The molecule has 0 atom stereocenters. The highest BCUT2D eigenvalue weighted by Crippen LogP contribution is 2.29. The van der Waals surface area contributed by atoms with Crippen molar-refractivity contribution in [2.45, 2.75) is 6.92 Å². The van der Waals surface area contributed by atoms with E-state index in [0.717, 1.165) is 10.5 Å². The summed E-state index contributed by atoms with van der Waals surface area (Å²) in [5.41, 5.74) is 2.33. The lowest BCUT2D eigenvalue weighted by molar-refractivity contribution is -0.892. The number of hydrogen-bond donors (Lipinski definition) is 1. The number of hydrogen-bond acceptors (Lipinski definition) is 6. The van der Waals surface area contributed by atoms with Gasteiger partial charge in [0.25, 0.3) is 5.69 Å². The first-order chi connectivity index (χ1) is 13.9. The van der Waals surface area contributed by atoms with E-state index in [9.17, 15) is 19.7 Å². The van der Waals surface area contributed by atoms with E-state index >= 15 is 0 Å². The number of methoxy groups -OCH3 is 1. The number of piperazine rings is 1. The molecule has 0 bridgehead atoms. The molecule has 0 aliphatic carbocycles. The molecular weight excluding hydrogens is 374 g/mol. The van der Waals surface area contributed by atoms with Gasteiger partial charge in [-0.1, -0.05) is 29.8 Å². The van der Waals surface area contributed by atoms with Crippen LogP contribution in [-0.4, -0.2) is 56.5 Å². The third-order valence-electron chi connectivity index (χ3n) is 5.19. The van der Waals surface area contributed by atoms with Gasteiger partial charge in [-0.2, -0.15) is 0 Å². The molecule has 0 amide bonds. The first kappa shape index (κ1) is 20.5. The molecular formula is C21H24N3O5+. The Morgan fingerprint density at radius 1 is 1.10 bits per heavy atom. The number of aryl methyl sites for hydroxylation is 1. The number of nitrogens with zero attached hydrogens (tertiary/aromatic N) is 2. The van der Waals surface area contributed by atoms with Gasteiger partial charge in [-0.3, -0.25) is 14.9 Å². The number of esters is 1. The summed E-state index contributed by atoms with van der Waals surface area (Å²) in [5.74, 6) is -0.509. The number of ether oxygens (including phenoxy) is 1. The van der Waals surface area contributed by atoms with Crippen LogP contribution in [0.2, 0.25) is 0 Å². The minimum Gasteiger partial charge on any atom is -0.465 e. The topological polar surface area (TPSA) is 94.2 Å². The van der Waals surface area contributed by atoms with E-state index in [2.05, 4.69) is 4.74 Å². The second kappa shape index (κ2) is 8.83. The maximum Gasteiger partial charge on any atom is 0.338 e. The second-order valence-electron chi connectivity index (χ2n) is 7.16. The fourth-order valence-corrected chi connectivity index (χ4v) is 3.49. The zero-order valence-electron chi connectivity index (χ0n) is 16.5. The minimum absolute atomic E-state index is 0.0989. The van der Waals surface area contributed by atoms with E-state index in [1.807, 2.05) is 36.1 Å². The molecule has 0 spiro atoms. The molecule has 3 rings (SSSR count). The summed E-state index contributed by atoms with van der Waals surface area (Å²) in [6.45, 7) is 4.97. The highest BCUT2D eigenvalue weighted by Gasteiger charge is 2.28. The molecule has 0 saturated carbocycles. The Kier molecular flexibility index (Phi) is 6.23. The van der Waals surface area contributed by atoms with Crippen molar-refractivity contribution in [3.05, 3.63) is 69.3 Å². The van der Waals surface area contributed by atoms with Gasteiger partial charge >= 0.3 is 5.97 Å². The maximum absolute atomic E-state index is 12.5. The fourth-order valence-electron chi connectivity index (χ4n) is 3.49. The molecule has 1 N–H and O–H groups in total. The largest absolute Gasteiger partial charge is 0.465 e. The van der Waals surface area contributed by atoms with Gasteiger partial charge in [0, 0.05) is 11.6 Å². The summed E-state index contributed by atoms with van der Waals surface area (Å²) in [7, 11) is 1.24. The highest BCUT2D eigenvalue weighted by molar-refractivity contribution is 5.96. The summed E-state index contributed by atoms with van der Waals surface area (Å²) < 4.78 is 4.64. The van der Waals surface area contributed by atoms with Gasteiger partial charge < -0.3 is 14.5 Å². The molecule has 1 aliphatic rings. The van der Waals surface area contributed by atoms with Crippen LogP contribution in [0.25, 0.3) is 0 Å². The molecule has 1 aliphatic heterocycles. The number of ketones is 1. The van der Waals surface area contributed by atoms with Gasteiger partial charge in [-0.05, 0) is 19.1 Å².